The Labute approximate surface area is 100 Å². The van der Waals surface area contributed by atoms with Crippen LogP contribution in [0.1, 0.15) is 15.9 Å². The molecule has 92 valence electrons. The third kappa shape index (κ3) is 2.00. The Bertz CT molecular complexity index is 565. The Morgan fingerprint density at radius 1 is 1.41 bits per heavy atom. The summed E-state index contributed by atoms with van der Waals surface area (Å²) in [5.41, 5.74) is 1.83. The first kappa shape index (κ1) is 11.9. The number of carbonyl (C=O) groups excluding carboxylic acids is 1. The van der Waals surface area contributed by atoms with Crippen LogP contribution in [0.15, 0.2) is 12.1 Å². The van der Waals surface area contributed by atoms with Crippen LogP contribution in [0.2, 0.25) is 0 Å². The van der Waals surface area contributed by atoms with Crippen LogP contribution < -0.4 is 9.04 Å². The second-order valence-electron chi connectivity index (χ2n) is 3.93. The first-order chi connectivity index (χ1) is 7.97. The minimum absolute atomic E-state index is 0.363. The fourth-order valence-electron chi connectivity index (χ4n) is 2.01. The number of benzene rings is 1. The average Bonchev–Trinajstić information content (AvgIpc) is 2.69. The Kier molecular flexibility index (Phi) is 2.82. The first-order valence-corrected chi connectivity index (χ1v) is 6.96. The fraction of sp³-hybridized carbons (Fsp3) is 0.364. The van der Waals surface area contributed by atoms with Crippen LogP contribution in [0.4, 0.5) is 5.69 Å². The summed E-state index contributed by atoms with van der Waals surface area (Å²) in [6, 6.07) is 3.29. The van der Waals surface area contributed by atoms with E-state index >= 15 is 0 Å². The van der Waals surface area contributed by atoms with E-state index in [0.717, 1.165) is 11.8 Å². The van der Waals surface area contributed by atoms with Crippen LogP contribution in [0.25, 0.3) is 0 Å². The van der Waals surface area contributed by atoms with Gasteiger partial charge in [-0.1, -0.05) is 0 Å². The molecule has 0 atom stereocenters. The molecule has 17 heavy (non-hydrogen) atoms. The third-order valence-electron chi connectivity index (χ3n) is 2.81. The van der Waals surface area contributed by atoms with Crippen molar-refractivity contribution in [1.29, 1.82) is 0 Å². The topological polar surface area (TPSA) is 63.7 Å². The minimum Gasteiger partial charge on any atom is -0.496 e. The molecule has 0 unspecified atom stereocenters. The molecular weight excluding hydrogens is 242 g/mol. The van der Waals surface area contributed by atoms with E-state index in [0.29, 0.717) is 36.3 Å². The zero-order chi connectivity index (χ0) is 12.6. The molecule has 0 amide bonds. The normalized spacial score (nSPS) is 14.6. The molecule has 1 aromatic rings. The number of carbonyl (C=O) groups is 1. The highest BCUT2D eigenvalue weighted by Crippen LogP contribution is 2.34. The minimum atomic E-state index is -3.28. The van der Waals surface area contributed by atoms with Gasteiger partial charge in [-0.25, -0.2) is 8.42 Å². The molecule has 0 aromatic heterocycles. The van der Waals surface area contributed by atoms with Gasteiger partial charge in [0.1, 0.15) is 5.75 Å². The predicted octanol–water partition coefficient (Wildman–Crippen LogP) is 0.830. The molecule has 1 aliphatic heterocycles. The van der Waals surface area contributed by atoms with Gasteiger partial charge in [0.2, 0.25) is 10.0 Å². The Hall–Kier alpha value is -1.56. The van der Waals surface area contributed by atoms with Gasteiger partial charge in [-0.05, 0) is 24.1 Å². The van der Waals surface area contributed by atoms with E-state index in [9.17, 15) is 13.2 Å². The van der Waals surface area contributed by atoms with Crippen molar-refractivity contribution in [1.82, 2.24) is 0 Å². The van der Waals surface area contributed by atoms with Crippen molar-refractivity contribution >= 4 is 22.0 Å². The highest BCUT2D eigenvalue weighted by molar-refractivity contribution is 7.92. The number of sulfonamides is 1. The molecule has 1 aromatic carbocycles. The van der Waals surface area contributed by atoms with E-state index in [-0.39, 0.29) is 0 Å². The maximum atomic E-state index is 11.6. The monoisotopic (exact) mass is 255 g/mol. The highest BCUT2D eigenvalue weighted by atomic mass is 32.2. The number of fused-ring (bicyclic) bond motifs is 1. The fourth-order valence-corrected chi connectivity index (χ4v) is 2.97. The quantitative estimate of drug-likeness (QED) is 0.750. The van der Waals surface area contributed by atoms with Gasteiger partial charge in [0, 0.05) is 6.54 Å². The molecule has 0 radical (unpaired) electrons. The van der Waals surface area contributed by atoms with Crippen LogP contribution in [-0.2, 0) is 16.4 Å². The molecule has 0 saturated carbocycles. The summed E-state index contributed by atoms with van der Waals surface area (Å²) < 4.78 is 29.5. The van der Waals surface area contributed by atoms with Crippen molar-refractivity contribution < 1.29 is 17.9 Å². The van der Waals surface area contributed by atoms with Gasteiger partial charge in [-0.15, -0.1) is 0 Å². The maximum absolute atomic E-state index is 11.6. The van der Waals surface area contributed by atoms with Crippen molar-refractivity contribution in [3.8, 4) is 5.75 Å². The zero-order valence-electron chi connectivity index (χ0n) is 9.63. The molecule has 6 heteroatoms. The van der Waals surface area contributed by atoms with E-state index in [1.807, 2.05) is 0 Å². The summed E-state index contributed by atoms with van der Waals surface area (Å²) in [7, 11) is -1.80. The SMILES string of the molecule is COc1cc2c(cc1C=O)N(S(C)(=O)=O)CC2. The number of ether oxygens (including phenoxy) is 1. The number of nitrogens with zero attached hydrogens (tertiary/aromatic N) is 1. The largest absolute Gasteiger partial charge is 0.496 e. The summed E-state index contributed by atoms with van der Waals surface area (Å²) >= 11 is 0. The van der Waals surface area contributed by atoms with Gasteiger partial charge in [-0.2, -0.15) is 0 Å². The number of anilines is 1. The molecule has 0 bridgehead atoms. The molecule has 0 spiro atoms. The molecule has 0 N–H and O–H groups in total. The molecule has 0 fully saturated rings. The molecule has 0 saturated heterocycles. The Morgan fingerprint density at radius 3 is 2.65 bits per heavy atom. The van der Waals surface area contributed by atoms with E-state index < -0.39 is 10.0 Å². The van der Waals surface area contributed by atoms with Gasteiger partial charge >= 0.3 is 0 Å². The van der Waals surface area contributed by atoms with E-state index in [1.54, 1.807) is 12.1 Å². The molecular formula is C11H13NO4S. The lowest BCUT2D eigenvalue weighted by molar-refractivity contribution is 0.112. The van der Waals surface area contributed by atoms with Gasteiger partial charge < -0.3 is 4.74 Å². The van der Waals surface area contributed by atoms with Gasteiger partial charge in [-0.3, -0.25) is 9.10 Å². The summed E-state index contributed by atoms with van der Waals surface area (Å²) in [5.74, 6) is 0.481. The second-order valence-corrected chi connectivity index (χ2v) is 5.83. The Balaban J connectivity index is 2.58. The van der Waals surface area contributed by atoms with Crippen molar-refractivity contribution in [2.75, 3.05) is 24.2 Å². The van der Waals surface area contributed by atoms with Gasteiger partial charge in [0.05, 0.1) is 24.6 Å². The number of hydrogen-bond donors (Lipinski definition) is 0. The van der Waals surface area contributed by atoms with E-state index in [2.05, 4.69) is 0 Å². The molecule has 1 heterocycles. The third-order valence-corrected chi connectivity index (χ3v) is 3.99. The molecule has 1 aliphatic rings. The molecule has 5 nitrogen and oxygen atoms in total. The number of methoxy groups -OCH3 is 1. The summed E-state index contributed by atoms with van der Waals surface area (Å²) in [5, 5.41) is 0. The van der Waals surface area contributed by atoms with Gasteiger partial charge in [0.25, 0.3) is 0 Å². The van der Waals surface area contributed by atoms with Crippen molar-refractivity contribution in [3.05, 3.63) is 23.3 Å². The molecule has 2 rings (SSSR count). The van der Waals surface area contributed by atoms with Crippen LogP contribution >= 0.6 is 0 Å². The van der Waals surface area contributed by atoms with Crippen LogP contribution in [-0.4, -0.2) is 34.6 Å². The standard InChI is InChI=1S/C11H13NO4S/c1-16-11-6-8-3-4-12(17(2,14)15)10(8)5-9(11)7-13/h5-7H,3-4H2,1-2H3. The number of rotatable bonds is 3. The summed E-state index contributed by atoms with van der Waals surface area (Å²) in [4.78, 5) is 10.9. The van der Waals surface area contributed by atoms with E-state index in [1.165, 1.54) is 11.4 Å². The van der Waals surface area contributed by atoms with Crippen molar-refractivity contribution in [2.45, 2.75) is 6.42 Å². The molecule has 0 aliphatic carbocycles. The van der Waals surface area contributed by atoms with Crippen LogP contribution in [0, 0.1) is 0 Å². The predicted molar refractivity (Wildman–Crippen MR) is 64.3 cm³/mol. The highest BCUT2D eigenvalue weighted by Gasteiger charge is 2.27. The van der Waals surface area contributed by atoms with Crippen molar-refractivity contribution in [2.24, 2.45) is 0 Å². The van der Waals surface area contributed by atoms with E-state index in [4.69, 9.17) is 4.74 Å². The first-order valence-electron chi connectivity index (χ1n) is 5.11. The van der Waals surface area contributed by atoms with Crippen LogP contribution in [0.3, 0.4) is 0 Å². The second kappa shape index (κ2) is 4.03. The van der Waals surface area contributed by atoms with Gasteiger partial charge in [0.15, 0.2) is 6.29 Å². The lowest BCUT2D eigenvalue weighted by Gasteiger charge is -2.17. The number of aldehydes is 1. The average molecular weight is 255 g/mol. The van der Waals surface area contributed by atoms with Crippen molar-refractivity contribution in [3.63, 3.8) is 0 Å². The lowest BCUT2D eigenvalue weighted by Crippen LogP contribution is -2.27. The Morgan fingerprint density at radius 2 is 2.12 bits per heavy atom. The van der Waals surface area contributed by atoms with Crippen LogP contribution in [0.5, 0.6) is 5.75 Å². The summed E-state index contributed by atoms with van der Waals surface area (Å²) in [6.07, 6.45) is 2.46. The smallest absolute Gasteiger partial charge is 0.232 e. The number of hydrogen-bond acceptors (Lipinski definition) is 4. The zero-order valence-corrected chi connectivity index (χ0v) is 10.5. The maximum Gasteiger partial charge on any atom is 0.232 e. The summed E-state index contributed by atoms with van der Waals surface area (Å²) in [6.45, 7) is 0.416. The lowest BCUT2D eigenvalue weighted by atomic mass is 10.1.